The van der Waals surface area contributed by atoms with E-state index < -0.39 is 0 Å². The van der Waals surface area contributed by atoms with Crippen molar-refractivity contribution in [3.05, 3.63) is 35.1 Å². The number of nitrogens with zero attached hydrogens (tertiary/aromatic N) is 2. The Morgan fingerprint density at radius 1 is 1.20 bits per heavy atom. The highest BCUT2D eigenvalue weighted by Gasteiger charge is 2.26. The van der Waals surface area contributed by atoms with Gasteiger partial charge in [-0.25, -0.2) is 4.39 Å². The van der Waals surface area contributed by atoms with Crippen LogP contribution in [-0.4, -0.2) is 48.4 Å². The molecule has 1 aromatic rings. The third-order valence-electron chi connectivity index (χ3n) is 5.71. The van der Waals surface area contributed by atoms with Crippen LogP contribution in [0.1, 0.15) is 49.7 Å². The van der Waals surface area contributed by atoms with Crippen LogP contribution in [0.3, 0.4) is 0 Å². The lowest BCUT2D eigenvalue weighted by atomic mass is 9.98. The van der Waals surface area contributed by atoms with Crippen LogP contribution in [0.15, 0.2) is 18.2 Å². The Morgan fingerprint density at radius 3 is 2.76 bits per heavy atom. The van der Waals surface area contributed by atoms with Crippen molar-refractivity contribution in [3.63, 3.8) is 0 Å². The zero-order valence-electron chi connectivity index (χ0n) is 15.5. The fourth-order valence-corrected chi connectivity index (χ4v) is 4.12. The van der Waals surface area contributed by atoms with Crippen molar-refractivity contribution in [2.45, 2.75) is 51.9 Å². The number of hydrogen-bond acceptors (Lipinski definition) is 2. The summed E-state index contributed by atoms with van der Waals surface area (Å²) >= 11 is 0. The van der Waals surface area contributed by atoms with Crippen LogP contribution in [-0.2, 0) is 11.2 Å². The third kappa shape index (κ3) is 5.27. The molecule has 0 spiro atoms. The van der Waals surface area contributed by atoms with Crippen molar-refractivity contribution in [3.8, 4) is 0 Å². The highest BCUT2D eigenvalue weighted by atomic mass is 19.1. The molecule has 0 bridgehead atoms. The van der Waals surface area contributed by atoms with Gasteiger partial charge >= 0.3 is 0 Å². The van der Waals surface area contributed by atoms with Crippen LogP contribution in [0.4, 0.5) is 4.39 Å². The molecule has 2 fully saturated rings. The first kappa shape index (κ1) is 18.4. The molecule has 25 heavy (non-hydrogen) atoms. The number of piperidine rings is 1. The minimum atomic E-state index is -0.124. The van der Waals surface area contributed by atoms with Gasteiger partial charge < -0.3 is 9.80 Å². The maximum absolute atomic E-state index is 13.7. The summed E-state index contributed by atoms with van der Waals surface area (Å²) in [6, 6.07) is 5.52. The van der Waals surface area contributed by atoms with E-state index in [1.54, 1.807) is 13.0 Å². The molecule has 1 atom stereocenters. The van der Waals surface area contributed by atoms with Crippen molar-refractivity contribution < 1.29 is 9.18 Å². The highest BCUT2D eigenvalue weighted by molar-refractivity contribution is 5.76. The van der Waals surface area contributed by atoms with Crippen LogP contribution in [0.5, 0.6) is 0 Å². The van der Waals surface area contributed by atoms with Gasteiger partial charge in [-0.05, 0) is 81.8 Å². The van der Waals surface area contributed by atoms with E-state index in [2.05, 4.69) is 4.90 Å². The van der Waals surface area contributed by atoms with Crippen LogP contribution in [0, 0.1) is 18.7 Å². The Balaban J connectivity index is 1.39. The minimum Gasteiger partial charge on any atom is -0.342 e. The lowest BCUT2D eigenvalue weighted by molar-refractivity contribution is -0.130. The molecule has 0 aliphatic carbocycles. The normalized spacial score (nSPS) is 21.7. The van der Waals surface area contributed by atoms with Gasteiger partial charge in [0.25, 0.3) is 0 Å². The SMILES string of the molecule is Cc1ccc(CC2CCN(C(=O)CCCN3CCCCC3)C2)cc1F. The zero-order valence-corrected chi connectivity index (χ0v) is 15.5. The summed E-state index contributed by atoms with van der Waals surface area (Å²) < 4.78 is 13.7. The van der Waals surface area contributed by atoms with Gasteiger partial charge in [0, 0.05) is 19.5 Å². The average Bonchev–Trinajstić information content (AvgIpc) is 3.08. The Hall–Kier alpha value is -1.42. The van der Waals surface area contributed by atoms with Gasteiger partial charge in [0.15, 0.2) is 0 Å². The number of carbonyl (C=O) groups is 1. The molecule has 0 aromatic heterocycles. The molecule has 1 amide bonds. The number of amides is 1. The van der Waals surface area contributed by atoms with Crippen molar-refractivity contribution in [2.24, 2.45) is 5.92 Å². The lowest BCUT2D eigenvalue weighted by Gasteiger charge is -2.26. The summed E-state index contributed by atoms with van der Waals surface area (Å²) in [6.07, 6.45) is 7.52. The Labute approximate surface area is 151 Å². The predicted molar refractivity (Wildman–Crippen MR) is 99.1 cm³/mol. The van der Waals surface area contributed by atoms with Crippen molar-refractivity contribution >= 4 is 5.91 Å². The first-order chi connectivity index (χ1) is 12.1. The van der Waals surface area contributed by atoms with E-state index in [9.17, 15) is 9.18 Å². The summed E-state index contributed by atoms with van der Waals surface area (Å²) in [5, 5.41) is 0. The molecule has 3 rings (SSSR count). The average molecular weight is 346 g/mol. The molecule has 2 aliphatic rings. The molecule has 4 heteroatoms. The van der Waals surface area contributed by atoms with Gasteiger partial charge in [-0.1, -0.05) is 18.6 Å². The first-order valence-electron chi connectivity index (χ1n) is 9.87. The van der Waals surface area contributed by atoms with Crippen LogP contribution >= 0.6 is 0 Å². The van der Waals surface area contributed by atoms with E-state index in [0.717, 1.165) is 44.5 Å². The topological polar surface area (TPSA) is 23.6 Å². The monoisotopic (exact) mass is 346 g/mol. The molecule has 0 saturated carbocycles. The van der Waals surface area contributed by atoms with Gasteiger partial charge in [-0.15, -0.1) is 0 Å². The number of carbonyl (C=O) groups excluding carboxylic acids is 1. The second-order valence-corrected chi connectivity index (χ2v) is 7.79. The van der Waals surface area contributed by atoms with E-state index in [-0.39, 0.29) is 5.82 Å². The number of aryl methyl sites for hydroxylation is 1. The number of benzene rings is 1. The van der Waals surface area contributed by atoms with Gasteiger partial charge in [0.2, 0.25) is 5.91 Å². The minimum absolute atomic E-state index is 0.124. The first-order valence-corrected chi connectivity index (χ1v) is 9.87. The zero-order chi connectivity index (χ0) is 17.6. The number of rotatable bonds is 6. The second kappa shape index (κ2) is 8.79. The highest BCUT2D eigenvalue weighted by Crippen LogP contribution is 2.23. The molecule has 138 valence electrons. The van der Waals surface area contributed by atoms with Crippen LogP contribution in [0.2, 0.25) is 0 Å². The molecular formula is C21H31FN2O. The van der Waals surface area contributed by atoms with Gasteiger partial charge in [-0.2, -0.15) is 0 Å². The van der Waals surface area contributed by atoms with E-state index in [0.29, 0.717) is 23.8 Å². The maximum atomic E-state index is 13.7. The predicted octanol–water partition coefficient (Wildman–Crippen LogP) is 3.79. The Bertz CT molecular complexity index is 583. The molecule has 2 saturated heterocycles. The smallest absolute Gasteiger partial charge is 0.222 e. The second-order valence-electron chi connectivity index (χ2n) is 7.79. The summed E-state index contributed by atoms with van der Waals surface area (Å²) in [7, 11) is 0. The van der Waals surface area contributed by atoms with Crippen LogP contribution in [0.25, 0.3) is 0 Å². The quantitative estimate of drug-likeness (QED) is 0.782. The van der Waals surface area contributed by atoms with Crippen molar-refractivity contribution in [1.82, 2.24) is 9.80 Å². The third-order valence-corrected chi connectivity index (χ3v) is 5.71. The molecule has 0 N–H and O–H groups in total. The Morgan fingerprint density at radius 2 is 2.00 bits per heavy atom. The summed E-state index contributed by atoms with van der Waals surface area (Å²) in [5.41, 5.74) is 1.74. The lowest BCUT2D eigenvalue weighted by Crippen LogP contribution is -2.32. The summed E-state index contributed by atoms with van der Waals surface area (Å²) in [6.45, 7) is 6.95. The maximum Gasteiger partial charge on any atom is 0.222 e. The van der Waals surface area contributed by atoms with E-state index >= 15 is 0 Å². The molecule has 3 nitrogen and oxygen atoms in total. The molecular weight excluding hydrogens is 315 g/mol. The van der Waals surface area contributed by atoms with Gasteiger partial charge in [0.05, 0.1) is 0 Å². The summed E-state index contributed by atoms with van der Waals surface area (Å²) in [5.74, 6) is 0.642. The number of hydrogen-bond donors (Lipinski definition) is 0. The van der Waals surface area contributed by atoms with Crippen LogP contribution < -0.4 is 0 Å². The van der Waals surface area contributed by atoms with E-state index in [1.165, 1.54) is 32.4 Å². The molecule has 1 aromatic carbocycles. The van der Waals surface area contributed by atoms with Gasteiger partial charge in [-0.3, -0.25) is 4.79 Å². The Kier molecular flexibility index (Phi) is 6.46. The fraction of sp³-hybridized carbons (Fsp3) is 0.667. The largest absolute Gasteiger partial charge is 0.342 e. The van der Waals surface area contributed by atoms with E-state index in [1.807, 2.05) is 17.0 Å². The molecule has 2 aliphatic heterocycles. The standard InChI is InChI=1S/C21H31FN2O/c1-17-7-8-18(15-20(17)22)14-19-9-13-24(16-19)21(25)6-5-12-23-10-3-2-4-11-23/h7-8,15,19H,2-6,9-14,16H2,1H3. The summed E-state index contributed by atoms with van der Waals surface area (Å²) in [4.78, 5) is 16.9. The van der Waals surface area contributed by atoms with Crippen molar-refractivity contribution in [1.29, 1.82) is 0 Å². The fourth-order valence-electron chi connectivity index (χ4n) is 4.12. The van der Waals surface area contributed by atoms with Gasteiger partial charge in [0.1, 0.15) is 5.82 Å². The number of halogens is 1. The van der Waals surface area contributed by atoms with E-state index in [4.69, 9.17) is 0 Å². The molecule has 0 radical (unpaired) electrons. The molecule has 1 unspecified atom stereocenters. The molecule has 2 heterocycles. The van der Waals surface area contributed by atoms with Crippen molar-refractivity contribution in [2.75, 3.05) is 32.7 Å². The number of likely N-dealkylation sites (tertiary alicyclic amines) is 2.